The molecule has 0 fully saturated rings. The monoisotopic (exact) mass is 352 g/mol. The molecule has 0 saturated heterocycles. The van der Waals surface area contributed by atoms with Crippen LogP contribution in [0.2, 0.25) is 0 Å². The van der Waals surface area contributed by atoms with Crippen molar-refractivity contribution in [3.8, 4) is 5.75 Å². The number of aryl methyl sites for hydroxylation is 2. The molecule has 0 amide bonds. The predicted octanol–water partition coefficient (Wildman–Crippen LogP) is 4.27. The topological polar surface area (TPSA) is 55.2 Å². The number of ether oxygens (including phenoxy) is 1. The minimum absolute atomic E-state index is 0.478. The van der Waals surface area contributed by atoms with Gasteiger partial charge in [-0.2, -0.15) is 14.9 Å². The molecule has 0 unspecified atom stereocenters. The Labute approximate surface area is 152 Å². The summed E-state index contributed by atoms with van der Waals surface area (Å²) in [7, 11) is 0. The van der Waals surface area contributed by atoms with Gasteiger partial charge in [-0.15, -0.1) is 0 Å². The first kappa shape index (κ1) is 17.1. The van der Waals surface area contributed by atoms with Crippen LogP contribution in [-0.2, 0) is 13.0 Å². The van der Waals surface area contributed by atoms with Crippen LogP contribution in [0.3, 0.4) is 0 Å². The Bertz CT molecular complexity index is 942. The van der Waals surface area contributed by atoms with Crippen molar-refractivity contribution in [2.75, 3.05) is 0 Å². The van der Waals surface area contributed by atoms with Gasteiger partial charge in [0, 0.05) is 12.0 Å². The van der Waals surface area contributed by atoms with Crippen LogP contribution in [0.4, 0.5) is 0 Å². The SMILES string of the molecule is CCc1n[nH]c(=S)n1/N=C/c1ccccc1OCc1ccccc1C. The largest absolute Gasteiger partial charge is 0.488 e. The van der Waals surface area contributed by atoms with Crippen molar-refractivity contribution in [3.05, 3.63) is 75.8 Å². The lowest BCUT2D eigenvalue weighted by Gasteiger charge is -2.10. The Kier molecular flexibility index (Phi) is 5.40. The van der Waals surface area contributed by atoms with Crippen LogP contribution in [0.25, 0.3) is 0 Å². The van der Waals surface area contributed by atoms with Crippen LogP contribution < -0.4 is 4.74 Å². The fraction of sp³-hybridized carbons (Fsp3) is 0.211. The second-order valence-electron chi connectivity index (χ2n) is 5.61. The molecule has 0 spiro atoms. The number of benzene rings is 2. The van der Waals surface area contributed by atoms with Gasteiger partial charge >= 0.3 is 0 Å². The standard InChI is InChI=1S/C19H20N4OS/c1-3-18-21-22-19(25)23(18)20-12-15-9-6-7-11-17(15)24-13-16-10-5-4-8-14(16)2/h4-12H,3,13H2,1-2H3,(H,22,25)/b20-12+. The summed E-state index contributed by atoms with van der Waals surface area (Å²) in [6, 6.07) is 16.0. The number of hydrogen-bond donors (Lipinski definition) is 1. The van der Waals surface area contributed by atoms with E-state index in [0.717, 1.165) is 23.6 Å². The maximum Gasteiger partial charge on any atom is 0.216 e. The molecular formula is C19H20N4OS. The third-order valence-electron chi connectivity index (χ3n) is 3.91. The molecule has 0 aliphatic rings. The van der Waals surface area contributed by atoms with E-state index >= 15 is 0 Å². The van der Waals surface area contributed by atoms with Crippen molar-refractivity contribution in [2.24, 2.45) is 5.10 Å². The summed E-state index contributed by atoms with van der Waals surface area (Å²) < 4.78 is 8.12. The highest BCUT2D eigenvalue weighted by atomic mass is 32.1. The van der Waals surface area contributed by atoms with Gasteiger partial charge in [0.2, 0.25) is 4.77 Å². The number of aromatic amines is 1. The van der Waals surface area contributed by atoms with Crippen molar-refractivity contribution >= 4 is 18.4 Å². The van der Waals surface area contributed by atoms with Crippen LogP contribution >= 0.6 is 12.2 Å². The first-order valence-electron chi connectivity index (χ1n) is 8.16. The van der Waals surface area contributed by atoms with E-state index in [0.29, 0.717) is 11.4 Å². The van der Waals surface area contributed by atoms with Crippen molar-refractivity contribution in [3.63, 3.8) is 0 Å². The van der Waals surface area contributed by atoms with Crippen LogP contribution in [0.15, 0.2) is 53.6 Å². The maximum atomic E-state index is 6.01. The number of nitrogens with one attached hydrogen (secondary N) is 1. The van der Waals surface area contributed by atoms with Gasteiger partial charge in [0.25, 0.3) is 0 Å². The van der Waals surface area contributed by atoms with E-state index in [1.807, 2.05) is 43.3 Å². The number of para-hydroxylation sites is 1. The average molecular weight is 352 g/mol. The molecule has 6 heteroatoms. The average Bonchev–Trinajstić information content (AvgIpc) is 3.00. The molecule has 0 saturated carbocycles. The van der Waals surface area contributed by atoms with E-state index in [1.165, 1.54) is 11.1 Å². The fourth-order valence-corrected chi connectivity index (χ4v) is 2.64. The minimum Gasteiger partial charge on any atom is -0.488 e. The molecule has 1 N–H and O–H groups in total. The zero-order valence-electron chi connectivity index (χ0n) is 14.3. The molecule has 0 aliphatic heterocycles. The van der Waals surface area contributed by atoms with Crippen LogP contribution in [0.1, 0.15) is 29.4 Å². The predicted molar refractivity (Wildman–Crippen MR) is 102 cm³/mol. The first-order valence-corrected chi connectivity index (χ1v) is 8.57. The zero-order valence-corrected chi connectivity index (χ0v) is 15.1. The Morgan fingerprint density at radius 3 is 2.76 bits per heavy atom. The van der Waals surface area contributed by atoms with Crippen LogP contribution in [-0.4, -0.2) is 21.1 Å². The van der Waals surface area contributed by atoms with E-state index in [2.05, 4.69) is 34.4 Å². The van der Waals surface area contributed by atoms with Crippen molar-refractivity contribution in [1.82, 2.24) is 14.9 Å². The number of aromatic nitrogens is 3. The van der Waals surface area contributed by atoms with Gasteiger partial charge in [-0.25, -0.2) is 0 Å². The van der Waals surface area contributed by atoms with Crippen molar-refractivity contribution < 1.29 is 4.74 Å². The van der Waals surface area contributed by atoms with Gasteiger partial charge in [0.05, 0.1) is 6.21 Å². The van der Waals surface area contributed by atoms with E-state index < -0.39 is 0 Å². The molecule has 0 aliphatic carbocycles. The summed E-state index contributed by atoms with van der Waals surface area (Å²) in [4.78, 5) is 0. The minimum atomic E-state index is 0.478. The number of hydrogen-bond acceptors (Lipinski definition) is 4. The smallest absolute Gasteiger partial charge is 0.216 e. The van der Waals surface area contributed by atoms with E-state index in [-0.39, 0.29) is 0 Å². The second-order valence-corrected chi connectivity index (χ2v) is 5.99. The van der Waals surface area contributed by atoms with E-state index in [4.69, 9.17) is 17.0 Å². The lowest BCUT2D eigenvalue weighted by molar-refractivity contribution is 0.305. The molecule has 3 rings (SSSR count). The molecule has 1 aromatic heterocycles. The number of rotatable bonds is 6. The molecule has 128 valence electrons. The second kappa shape index (κ2) is 7.90. The first-order chi connectivity index (χ1) is 12.2. The lowest BCUT2D eigenvalue weighted by Crippen LogP contribution is -2.01. The van der Waals surface area contributed by atoms with Crippen molar-refractivity contribution in [1.29, 1.82) is 0 Å². The Balaban J connectivity index is 1.81. The summed E-state index contributed by atoms with van der Waals surface area (Å²) in [5.41, 5.74) is 3.27. The molecule has 3 aromatic rings. The normalized spacial score (nSPS) is 11.1. The van der Waals surface area contributed by atoms with Crippen LogP contribution in [0, 0.1) is 11.7 Å². The molecule has 25 heavy (non-hydrogen) atoms. The third kappa shape index (κ3) is 4.03. The molecular weight excluding hydrogens is 332 g/mol. The Morgan fingerprint density at radius 2 is 1.96 bits per heavy atom. The van der Waals surface area contributed by atoms with Gasteiger partial charge in [0.1, 0.15) is 12.4 Å². The third-order valence-corrected chi connectivity index (χ3v) is 4.17. The maximum absolute atomic E-state index is 6.01. The van der Waals surface area contributed by atoms with E-state index in [9.17, 15) is 0 Å². The van der Waals surface area contributed by atoms with Crippen LogP contribution in [0.5, 0.6) is 5.75 Å². The van der Waals surface area contributed by atoms with Crippen molar-refractivity contribution in [2.45, 2.75) is 26.9 Å². The lowest BCUT2D eigenvalue weighted by atomic mass is 10.1. The molecule has 1 heterocycles. The summed E-state index contributed by atoms with van der Waals surface area (Å²) >= 11 is 5.22. The molecule has 0 radical (unpaired) electrons. The molecule has 0 atom stereocenters. The molecule has 2 aromatic carbocycles. The quantitative estimate of drug-likeness (QED) is 0.532. The summed E-state index contributed by atoms with van der Waals surface area (Å²) in [6.07, 6.45) is 2.49. The summed E-state index contributed by atoms with van der Waals surface area (Å²) in [6.45, 7) is 4.61. The van der Waals surface area contributed by atoms with Gasteiger partial charge in [-0.05, 0) is 42.4 Å². The zero-order chi connectivity index (χ0) is 17.6. The summed E-state index contributed by atoms with van der Waals surface area (Å²) in [5.74, 6) is 1.57. The van der Waals surface area contributed by atoms with E-state index in [1.54, 1.807) is 10.9 Å². The molecule has 0 bridgehead atoms. The highest BCUT2D eigenvalue weighted by molar-refractivity contribution is 7.71. The van der Waals surface area contributed by atoms with Gasteiger partial charge in [0.15, 0.2) is 5.82 Å². The van der Waals surface area contributed by atoms with Gasteiger partial charge < -0.3 is 4.74 Å². The fourth-order valence-electron chi connectivity index (χ4n) is 2.44. The molecule has 5 nitrogen and oxygen atoms in total. The highest BCUT2D eigenvalue weighted by Crippen LogP contribution is 2.19. The van der Waals surface area contributed by atoms with Gasteiger partial charge in [-0.1, -0.05) is 43.3 Å². The Hall–Kier alpha value is -2.73. The van der Waals surface area contributed by atoms with Gasteiger partial charge in [-0.3, -0.25) is 5.10 Å². The summed E-state index contributed by atoms with van der Waals surface area (Å²) in [5, 5.41) is 11.4. The number of nitrogens with zero attached hydrogens (tertiary/aromatic N) is 3. The highest BCUT2D eigenvalue weighted by Gasteiger charge is 2.05. The number of H-pyrrole nitrogens is 1. The Morgan fingerprint density at radius 1 is 1.20 bits per heavy atom.